The van der Waals surface area contributed by atoms with E-state index in [0.717, 1.165) is 25.7 Å². The Hall–Kier alpha value is 0.160. The molecule has 0 aromatic carbocycles. The van der Waals surface area contributed by atoms with Crippen molar-refractivity contribution in [2.75, 3.05) is 25.6 Å². The first-order chi connectivity index (χ1) is 8.66. The van der Waals surface area contributed by atoms with Crippen LogP contribution in [0.15, 0.2) is 0 Å². The van der Waals surface area contributed by atoms with E-state index in [1.165, 1.54) is 0 Å². The van der Waals surface area contributed by atoms with Crippen LogP contribution in [0, 0.1) is 0 Å². The highest BCUT2D eigenvalue weighted by atomic mass is 35.5. The number of hydrogen-bond donors (Lipinski definition) is 0. The summed E-state index contributed by atoms with van der Waals surface area (Å²) in [6.07, 6.45) is 5.47. The van der Waals surface area contributed by atoms with E-state index in [0.29, 0.717) is 38.5 Å². The van der Waals surface area contributed by atoms with Crippen molar-refractivity contribution in [1.29, 1.82) is 0 Å². The van der Waals surface area contributed by atoms with E-state index in [9.17, 15) is 8.42 Å². The summed E-state index contributed by atoms with van der Waals surface area (Å²) in [6.45, 7) is 1.57. The molecule has 2 aliphatic rings. The highest BCUT2D eigenvalue weighted by Crippen LogP contribution is 2.29. The third-order valence-electron chi connectivity index (χ3n) is 3.95. The van der Waals surface area contributed by atoms with Gasteiger partial charge in [0.2, 0.25) is 10.0 Å². The summed E-state index contributed by atoms with van der Waals surface area (Å²) >= 11 is 5.79. The molecule has 106 valence electrons. The topological polar surface area (TPSA) is 46.6 Å². The Kier molecular flexibility index (Phi) is 5.30. The SMILES string of the molecule is O=S(=O)(C1CCOCC1)N(CCCl)C1CCCC1. The van der Waals surface area contributed by atoms with Crippen molar-refractivity contribution in [1.82, 2.24) is 4.31 Å². The molecule has 0 radical (unpaired) electrons. The molecule has 0 aromatic heterocycles. The maximum Gasteiger partial charge on any atom is 0.217 e. The van der Waals surface area contributed by atoms with E-state index in [1.54, 1.807) is 4.31 Å². The van der Waals surface area contributed by atoms with E-state index >= 15 is 0 Å². The minimum absolute atomic E-state index is 0.177. The van der Waals surface area contributed by atoms with Gasteiger partial charge in [0.15, 0.2) is 0 Å². The van der Waals surface area contributed by atoms with Crippen LogP contribution < -0.4 is 0 Å². The van der Waals surface area contributed by atoms with Gasteiger partial charge in [0, 0.05) is 31.7 Å². The van der Waals surface area contributed by atoms with Crippen molar-refractivity contribution in [2.45, 2.75) is 49.8 Å². The third-order valence-corrected chi connectivity index (χ3v) is 6.57. The maximum atomic E-state index is 12.7. The molecule has 1 heterocycles. The summed E-state index contributed by atoms with van der Waals surface area (Å²) in [5, 5.41) is -0.268. The molecule has 0 unspecified atom stereocenters. The standard InChI is InChI=1S/C12H22ClNO3S/c13-7-8-14(11-3-1-2-4-11)18(15,16)12-5-9-17-10-6-12/h11-12H,1-10H2. The number of halogens is 1. The summed E-state index contributed by atoms with van der Waals surface area (Å²) in [6, 6.07) is 0.177. The smallest absolute Gasteiger partial charge is 0.217 e. The van der Waals surface area contributed by atoms with E-state index in [1.807, 2.05) is 0 Å². The average Bonchev–Trinajstić information content (AvgIpc) is 2.90. The lowest BCUT2D eigenvalue weighted by molar-refractivity contribution is 0.0968. The van der Waals surface area contributed by atoms with Gasteiger partial charge < -0.3 is 4.74 Å². The molecule has 2 rings (SSSR count). The number of nitrogens with zero attached hydrogens (tertiary/aromatic N) is 1. The molecule has 1 saturated carbocycles. The van der Waals surface area contributed by atoms with Crippen LogP contribution in [0.3, 0.4) is 0 Å². The van der Waals surface area contributed by atoms with Gasteiger partial charge in [0.05, 0.1) is 5.25 Å². The van der Waals surface area contributed by atoms with Gasteiger partial charge in [-0.3, -0.25) is 0 Å². The van der Waals surface area contributed by atoms with Crippen molar-refractivity contribution in [3.8, 4) is 0 Å². The molecule has 0 N–H and O–H groups in total. The van der Waals surface area contributed by atoms with Gasteiger partial charge in [-0.25, -0.2) is 8.42 Å². The van der Waals surface area contributed by atoms with Crippen LogP contribution >= 0.6 is 11.6 Å². The third kappa shape index (κ3) is 3.18. The lowest BCUT2D eigenvalue weighted by atomic mass is 10.2. The lowest BCUT2D eigenvalue weighted by Crippen LogP contribution is -2.46. The van der Waals surface area contributed by atoms with Crippen molar-refractivity contribution in [2.24, 2.45) is 0 Å². The fraction of sp³-hybridized carbons (Fsp3) is 1.00. The van der Waals surface area contributed by atoms with Crippen molar-refractivity contribution >= 4 is 21.6 Å². The van der Waals surface area contributed by atoms with Gasteiger partial charge in [-0.05, 0) is 25.7 Å². The molecule has 6 heteroatoms. The molecular formula is C12H22ClNO3S. The zero-order chi connectivity index (χ0) is 13.0. The molecule has 1 aliphatic carbocycles. The van der Waals surface area contributed by atoms with Crippen LogP contribution in [0.1, 0.15) is 38.5 Å². The molecule has 0 spiro atoms. The van der Waals surface area contributed by atoms with Crippen LogP contribution in [-0.4, -0.2) is 49.7 Å². The first-order valence-electron chi connectivity index (χ1n) is 6.80. The van der Waals surface area contributed by atoms with E-state index in [-0.39, 0.29) is 11.3 Å². The second kappa shape index (κ2) is 6.55. The summed E-state index contributed by atoms with van der Waals surface area (Å²) < 4.78 is 32.3. The van der Waals surface area contributed by atoms with Gasteiger partial charge in [0.1, 0.15) is 0 Å². The Balaban J connectivity index is 2.11. The Labute approximate surface area is 115 Å². The van der Waals surface area contributed by atoms with Gasteiger partial charge in [-0.1, -0.05) is 12.8 Å². The van der Waals surface area contributed by atoms with E-state index < -0.39 is 10.0 Å². The molecule has 1 aliphatic heterocycles. The normalized spacial score (nSPS) is 23.9. The van der Waals surface area contributed by atoms with Gasteiger partial charge in [-0.15, -0.1) is 11.6 Å². The van der Waals surface area contributed by atoms with E-state index in [2.05, 4.69) is 0 Å². The van der Waals surface area contributed by atoms with Gasteiger partial charge in [-0.2, -0.15) is 4.31 Å². The van der Waals surface area contributed by atoms with Crippen LogP contribution in [0.4, 0.5) is 0 Å². The molecule has 18 heavy (non-hydrogen) atoms. The average molecular weight is 296 g/mol. The molecule has 0 aromatic rings. The fourth-order valence-corrected chi connectivity index (χ4v) is 5.38. The van der Waals surface area contributed by atoms with Gasteiger partial charge in [0.25, 0.3) is 0 Å². The molecule has 0 bridgehead atoms. The molecular weight excluding hydrogens is 274 g/mol. The zero-order valence-corrected chi connectivity index (χ0v) is 12.3. The number of hydrogen-bond acceptors (Lipinski definition) is 3. The summed E-state index contributed by atoms with van der Waals surface area (Å²) in [5.41, 5.74) is 0. The molecule has 0 amide bonds. The van der Waals surface area contributed by atoms with Crippen LogP contribution in [-0.2, 0) is 14.8 Å². The molecule has 0 atom stereocenters. The monoisotopic (exact) mass is 295 g/mol. The summed E-state index contributed by atoms with van der Waals surface area (Å²) in [4.78, 5) is 0. The van der Waals surface area contributed by atoms with Crippen LogP contribution in [0.2, 0.25) is 0 Å². The first kappa shape index (κ1) is 14.6. The van der Waals surface area contributed by atoms with Gasteiger partial charge >= 0.3 is 0 Å². The maximum absolute atomic E-state index is 12.7. The fourth-order valence-electron chi connectivity index (χ4n) is 2.96. The number of rotatable bonds is 5. The van der Waals surface area contributed by atoms with Crippen molar-refractivity contribution < 1.29 is 13.2 Å². The summed E-state index contributed by atoms with van der Waals surface area (Å²) in [7, 11) is -3.20. The zero-order valence-electron chi connectivity index (χ0n) is 10.7. The summed E-state index contributed by atoms with van der Waals surface area (Å²) in [5.74, 6) is 0.374. The minimum atomic E-state index is -3.20. The largest absolute Gasteiger partial charge is 0.381 e. The highest BCUT2D eigenvalue weighted by Gasteiger charge is 2.37. The second-order valence-electron chi connectivity index (χ2n) is 5.09. The Morgan fingerprint density at radius 2 is 1.72 bits per heavy atom. The Morgan fingerprint density at radius 1 is 1.11 bits per heavy atom. The van der Waals surface area contributed by atoms with Crippen LogP contribution in [0.5, 0.6) is 0 Å². The van der Waals surface area contributed by atoms with E-state index in [4.69, 9.17) is 16.3 Å². The first-order valence-corrected chi connectivity index (χ1v) is 8.84. The quantitative estimate of drug-likeness (QED) is 0.729. The number of alkyl halides is 1. The second-order valence-corrected chi connectivity index (χ2v) is 7.64. The predicted octanol–water partition coefficient (Wildman–Crippen LogP) is 1.98. The molecule has 2 fully saturated rings. The minimum Gasteiger partial charge on any atom is -0.381 e. The predicted molar refractivity (Wildman–Crippen MR) is 72.4 cm³/mol. The lowest BCUT2D eigenvalue weighted by Gasteiger charge is -2.33. The highest BCUT2D eigenvalue weighted by molar-refractivity contribution is 7.89. The van der Waals surface area contributed by atoms with Crippen LogP contribution in [0.25, 0.3) is 0 Å². The number of ether oxygens (including phenoxy) is 1. The van der Waals surface area contributed by atoms with Crippen molar-refractivity contribution in [3.63, 3.8) is 0 Å². The Bertz CT molecular complexity index is 348. The Morgan fingerprint density at radius 3 is 2.28 bits per heavy atom. The van der Waals surface area contributed by atoms with Crippen molar-refractivity contribution in [3.05, 3.63) is 0 Å². The number of sulfonamides is 1. The molecule has 4 nitrogen and oxygen atoms in total. The molecule has 1 saturated heterocycles.